The standard InChI is InChI=1S/C17H13ClO3/c1-2-20-13-6-7-14-15(10-13)21-16(17(14)19)9-11-4-3-5-12(18)8-11/h3-10H,2H2,1H3/b16-9-. The number of ketones is 1. The second kappa shape index (κ2) is 5.62. The van der Waals surface area contributed by atoms with Gasteiger partial charge in [-0.25, -0.2) is 0 Å². The highest BCUT2D eigenvalue weighted by Crippen LogP contribution is 2.34. The highest BCUT2D eigenvalue weighted by molar-refractivity contribution is 6.30. The summed E-state index contributed by atoms with van der Waals surface area (Å²) in [5.74, 6) is 1.38. The summed E-state index contributed by atoms with van der Waals surface area (Å²) in [6, 6.07) is 12.5. The Balaban J connectivity index is 1.92. The lowest BCUT2D eigenvalue weighted by Gasteiger charge is -2.03. The minimum Gasteiger partial charge on any atom is -0.494 e. The topological polar surface area (TPSA) is 35.5 Å². The molecule has 0 atom stereocenters. The van der Waals surface area contributed by atoms with E-state index < -0.39 is 0 Å². The van der Waals surface area contributed by atoms with Crippen LogP contribution in [0, 0.1) is 0 Å². The van der Waals surface area contributed by atoms with Crippen molar-refractivity contribution in [3.05, 3.63) is 64.4 Å². The summed E-state index contributed by atoms with van der Waals surface area (Å²) in [4.78, 5) is 12.3. The molecule has 0 N–H and O–H groups in total. The molecule has 0 saturated heterocycles. The van der Waals surface area contributed by atoms with Crippen molar-refractivity contribution in [2.24, 2.45) is 0 Å². The summed E-state index contributed by atoms with van der Waals surface area (Å²) in [5, 5.41) is 0.617. The Kier molecular flexibility index (Phi) is 3.67. The van der Waals surface area contributed by atoms with Crippen LogP contribution >= 0.6 is 11.6 Å². The number of hydrogen-bond donors (Lipinski definition) is 0. The summed E-state index contributed by atoms with van der Waals surface area (Å²) in [6.45, 7) is 2.47. The average molecular weight is 301 g/mol. The van der Waals surface area contributed by atoms with Gasteiger partial charge in [-0.15, -0.1) is 0 Å². The highest BCUT2D eigenvalue weighted by Gasteiger charge is 2.27. The van der Waals surface area contributed by atoms with Crippen molar-refractivity contribution in [2.45, 2.75) is 6.92 Å². The Morgan fingerprint density at radius 2 is 2.10 bits per heavy atom. The van der Waals surface area contributed by atoms with E-state index in [4.69, 9.17) is 21.1 Å². The number of carbonyl (C=O) groups excluding carboxylic acids is 1. The maximum Gasteiger partial charge on any atom is 0.231 e. The first kappa shape index (κ1) is 13.7. The van der Waals surface area contributed by atoms with Gasteiger partial charge in [0, 0.05) is 11.1 Å². The second-order valence-corrected chi connectivity index (χ2v) is 5.02. The molecule has 3 nitrogen and oxygen atoms in total. The van der Waals surface area contributed by atoms with Crippen LogP contribution < -0.4 is 9.47 Å². The molecule has 4 heteroatoms. The van der Waals surface area contributed by atoms with Gasteiger partial charge in [0.2, 0.25) is 5.78 Å². The van der Waals surface area contributed by atoms with Crippen molar-refractivity contribution >= 4 is 23.5 Å². The van der Waals surface area contributed by atoms with Crippen LogP contribution in [0.5, 0.6) is 11.5 Å². The number of Topliss-reactive ketones (excluding diaryl/α,β-unsaturated/α-hetero) is 1. The molecule has 106 valence electrons. The normalized spacial score (nSPS) is 15.0. The number of hydrogen-bond acceptors (Lipinski definition) is 3. The Morgan fingerprint density at radius 3 is 2.86 bits per heavy atom. The van der Waals surface area contributed by atoms with Crippen molar-refractivity contribution in [1.82, 2.24) is 0 Å². The van der Waals surface area contributed by atoms with Gasteiger partial charge in [-0.05, 0) is 42.8 Å². The molecule has 2 aromatic rings. The Bertz CT molecular complexity index is 735. The largest absolute Gasteiger partial charge is 0.494 e. The molecule has 0 bridgehead atoms. The number of benzene rings is 2. The van der Waals surface area contributed by atoms with E-state index in [0.29, 0.717) is 34.5 Å². The molecular formula is C17H13ClO3. The summed E-state index contributed by atoms with van der Waals surface area (Å²) in [7, 11) is 0. The van der Waals surface area contributed by atoms with Crippen LogP contribution in [-0.4, -0.2) is 12.4 Å². The van der Waals surface area contributed by atoms with Crippen LogP contribution in [0.25, 0.3) is 6.08 Å². The molecule has 0 radical (unpaired) electrons. The average Bonchev–Trinajstić information content (AvgIpc) is 2.75. The first-order valence-electron chi connectivity index (χ1n) is 6.64. The molecule has 0 fully saturated rings. The van der Waals surface area contributed by atoms with Crippen LogP contribution in [0.2, 0.25) is 5.02 Å². The van der Waals surface area contributed by atoms with E-state index in [1.165, 1.54) is 0 Å². The number of ether oxygens (including phenoxy) is 2. The molecular weight excluding hydrogens is 288 g/mol. The maximum absolute atomic E-state index is 12.3. The second-order valence-electron chi connectivity index (χ2n) is 4.59. The SMILES string of the molecule is CCOc1ccc2c(c1)O/C(=C\c1cccc(Cl)c1)C2=O. The fourth-order valence-electron chi connectivity index (χ4n) is 2.17. The third-order valence-electron chi connectivity index (χ3n) is 3.10. The van der Waals surface area contributed by atoms with Crippen LogP contribution in [0.15, 0.2) is 48.2 Å². The van der Waals surface area contributed by atoms with Crippen LogP contribution in [0.1, 0.15) is 22.8 Å². The monoisotopic (exact) mass is 300 g/mol. The predicted octanol–water partition coefficient (Wildman–Crippen LogP) is 4.35. The molecule has 0 spiro atoms. The number of halogens is 1. The van der Waals surface area contributed by atoms with E-state index in [1.54, 1.807) is 36.4 Å². The minimum atomic E-state index is -0.131. The third-order valence-corrected chi connectivity index (χ3v) is 3.33. The molecule has 0 amide bonds. The molecule has 21 heavy (non-hydrogen) atoms. The Hall–Kier alpha value is -2.26. The smallest absolute Gasteiger partial charge is 0.231 e. The lowest BCUT2D eigenvalue weighted by Crippen LogP contribution is -1.97. The van der Waals surface area contributed by atoms with Gasteiger partial charge in [-0.3, -0.25) is 4.79 Å². The van der Waals surface area contributed by atoms with Crippen molar-refractivity contribution in [3.63, 3.8) is 0 Å². The van der Waals surface area contributed by atoms with Crippen molar-refractivity contribution < 1.29 is 14.3 Å². The van der Waals surface area contributed by atoms with E-state index in [2.05, 4.69) is 0 Å². The van der Waals surface area contributed by atoms with E-state index in [-0.39, 0.29) is 5.78 Å². The number of rotatable bonds is 3. The van der Waals surface area contributed by atoms with Crippen molar-refractivity contribution in [1.29, 1.82) is 0 Å². The van der Waals surface area contributed by atoms with Gasteiger partial charge in [0.05, 0.1) is 12.2 Å². The lowest BCUT2D eigenvalue weighted by molar-refractivity contribution is 0.101. The molecule has 1 aliphatic heterocycles. The predicted molar refractivity (Wildman–Crippen MR) is 82.0 cm³/mol. The number of carbonyl (C=O) groups is 1. The fourth-order valence-corrected chi connectivity index (χ4v) is 2.37. The zero-order valence-electron chi connectivity index (χ0n) is 11.4. The summed E-state index contributed by atoms with van der Waals surface area (Å²) < 4.78 is 11.0. The van der Waals surface area contributed by atoms with E-state index in [9.17, 15) is 4.79 Å². The third kappa shape index (κ3) is 2.78. The summed E-state index contributed by atoms with van der Waals surface area (Å²) >= 11 is 5.94. The molecule has 0 aromatic heterocycles. The zero-order chi connectivity index (χ0) is 14.8. The minimum absolute atomic E-state index is 0.131. The van der Waals surface area contributed by atoms with Crippen molar-refractivity contribution in [2.75, 3.05) is 6.61 Å². The van der Waals surface area contributed by atoms with Crippen LogP contribution in [0.4, 0.5) is 0 Å². The van der Waals surface area contributed by atoms with Gasteiger partial charge in [0.15, 0.2) is 5.76 Å². The molecule has 0 saturated carbocycles. The van der Waals surface area contributed by atoms with Gasteiger partial charge in [0.1, 0.15) is 11.5 Å². The molecule has 0 aliphatic carbocycles. The lowest BCUT2D eigenvalue weighted by atomic mass is 10.1. The van der Waals surface area contributed by atoms with Gasteiger partial charge in [-0.1, -0.05) is 23.7 Å². The Morgan fingerprint density at radius 1 is 1.24 bits per heavy atom. The first-order valence-corrected chi connectivity index (χ1v) is 7.02. The van der Waals surface area contributed by atoms with E-state index in [1.807, 2.05) is 19.1 Å². The molecule has 0 unspecified atom stereocenters. The maximum atomic E-state index is 12.3. The van der Waals surface area contributed by atoms with E-state index in [0.717, 1.165) is 5.56 Å². The van der Waals surface area contributed by atoms with Gasteiger partial charge in [0.25, 0.3) is 0 Å². The van der Waals surface area contributed by atoms with Gasteiger partial charge >= 0.3 is 0 Å². The van der Waals surface area contributed by atoms with Gasteiger partial charge in [-0.2, -0.15) is 0 Å². The molecule has 3 rings (SSSR count). The summed E-state index contributed by atoms with van der Waals surface area (Å²) in [6.07, 6.45) is 1.69. The van der Waals surface area contributed by atoms with Crippen molar-refractivity contribution in [3.8, 4) is 11.5 Å². The number of fused-ring (bicyclic) bond motifs is 1. The fraction of sp³-hybridized carbons (Fsp3) is 0.118. The molecule has 2 aromatic carbocycles. The van der Waals surface area contributed by atoms with E-state index >= 15 is 0 Å². The quantitative estimate of drug-likeness (QED) is 0.790. The van der Waals surface area contributed by atoms with Crippen LogP contribution in [-0.2, 0) is 0 Å². The van der Waals surface area contributed by atoms with Crippen LogP contribution in [0.3, 0.4) is 0 Å². The summed E-state index contributed by atoms with van der Waals surface area (Å²) in [5.41, 5.74) is 1.37. The highest BCUT2D eigenvalue weighted by atomic mass is 35.5. The number of allylic oxidation sites excluding steroid dienone is 1. The Labute approximate surface area is 127 Å². The van der Waals surface area contributed by atoms with Gasteiger partial charge < -0.3 is 9.47 Å². The first-order chi connectivity index (χ1) is 10.2. The molecule has 1 heterocycles. The molecule has 1 aliphatic rings. The zero-order valence-corrected chi connectivity index (χ0v) is 12.2.